The van der Waals surface area contributed by atoms with E-state index in [1.54, 1.807) is 6.92 Å². The van der Waals surface area contributed by atoms with Crippen LogP contribution in [0.4, 0.5) is 17.6 Å². The topological polar surface area (TPSA) is 0 Å². The average Bonchev–Trinajstić information content (AvgIpc) is 2.54. The second-order valence-corrected chi connectivity index (χ2v) is 5.44. The highest BCUT2D eigenvalue weighted by Gasteiger charge is 2.47. The Morgan fingerprint density at radius 1 is 1.18 bits per heavy atom. The first-order valence-corrected chi connectivity index (χ1v) is 5.97. The van der Waals surface area contributed by atoms with E-state index in [-0.39, 0.29) is 17.1 Å². The Bertz CT molecular complexity index is 530. The van der Waals surface area contributed by atoms with Crippen LogP contribution in [0.3, 0.4) is 0 Å². The van der Waals surface area contributed by atoms with Crippen LogP contribution in [0.25, 0.3) is 10.1 Å². The van der Waals surface area contributed by atoms with E-state index in [1.165, 1.54) is 18.2 Å². The van der Waals surface area contributed by atoms with Gasteiger partial charge in [-0.25, -0.2) is 4.39 Å². The number of aryl methyl sites for hydroxylation is 1. The number of alkyl halides is 3. The number of halogens is 5. The fourth-order valence-electron chi connectivity index (χ4n) is 1.70. The molecule has 0 radical (unpaired) electrons. The van der Waals surface area contributed by atoms with Crippen molar-refractivity contribution in [2.75, 3.05) is 0 Å². The lowest BCUT2D eigenvalue weighted by atomic mass is 10.2. The molecule has 1 atom stereocenters. The Morgan fingerprint density at radius 3 is 2.35 bits per heavy atom. The summed E-state index contributed by atoms with van der Waals surface area (Å²) in [5.41, 5.74) is -4.32. The predicted octanol–water partition coefficient (Wildman–Crippen LogP) is 1.77. The molecule has 0 amide bonds. The van der Waals surface area contributed by atoms with E-state index in [1.807, 2.05) is 0 Å². The molecule has 94 valence electrons. The van der Waals surface area contributed by atoms with E-state index in [4.69, 9.17) is 0 Å². The summed E-state index contributed by atoms with van der Waals surface area (Å²) in [6.45, 7) is 1.68. The maximum Gasteiger partial charge on any atom is 0.600 e. The van der Waals surface area contributed by atoms with Gasteiger partial charge in [-0.05, 0) is 12.1 Å². The van der Waals surface area contributed by atoms with Gasteiger partial charge in [-0.2, -0.15) is 0 Å². The highest BCUT2D eigenvalue weighted by molar-refractivity contribution is 7.38. The smallest absolute Gasteiger partial charge is 0.600 e. The van der Waals surface area contributed by atoms with Crippen LogP contribution in [0.5, 0.6) is 0 Å². The zero-order valence-corrected chi connectivity index (χ0v) is 10.4. The molecule has 0 nitrogen and oxygen atoms in total. The summed E-state index contributed by atoms with van der Waals surface area (Å²) in [6.07, 6.45) is 0.332. The van der Waals surface area contributed by atoms with E-state index in [9.17, 15) is 17.6 Å². The van der Waals surface area contributed by atoms with Gasteiger partial charge in [0.15, 0.2) is 9.58 Å². The molecule has 2 aromatic rings. The molecule has 1 unspecified atom stereocenters. The Labute approximate surface area is 105 Å². The third kappa shape index (κ3) is 2.55. The minimum Gasteiger partial charge on any atom is -1.00 e. The zero-order valence-electron chi connectivity index (χ0n) is 8.81. The molecule has 17 heavy (non-hydrogen) atoms. The summed E-state index contributed by atoms with van der Waals surface area (Å²) in [5.74, 6) is -0.619. The lowest BCUT2D eigenvalue weighted by Gasteiger charge is -1.98. The van der Waals surface area contributed by atoms with Gasteiger partial charge in [0.25, 0.3) is 0 Å². The maximum absolute atomic E-state index is 13.0. The molecule has 2 rings (SSSR count). The predicted molar refractivity (Wildman–Crippen MR) is 57.1 cm³/mol. The second kappa shape index (κ2) is 4.82. The summed E-state index contributed by atoms with van der Waals surface area (Å²) in [4.78, 5) is 0.327. The monoisotopic (exact) mass is 284 g/mol. The molecule has 0 saturated carbocycles. The number of rotatable bonds is 1. The van der Waals surface area contributed by atoms with Crippen LogP contribution >= 0.6 is 10.5 Å². The largest absolute Gasteiger partial charge is 1.00 e. The first-order chi connectivity index (χ1) is 7.43. The lowest BCUT2D eigenvalue weighted by Crippen LogP contribution is -3.00. The molecule has 0 fully saturated rings. The third-order valence-corrected chi connectivity index (χ3v) is 4.54. The van der Waals surface area contributed by atoms with Crippen LogP contribution in [-0.2, 0) is 11.9 Å². The quantitative estimate of drug-likeness (QED) is 0.553. The zero-order chi connectivity index (χ0) is 11.9. The van der Waals surface area contributed by atoms with Gasteiger partial charge >= 0.3 is 5.51 Å². The van der Waals surface area contributed by atoms with Crippen molar-refractivity contribution >= 4 is 20.6 Å². The van der Waals surface area contributed by atoms with Gasteiger partial charge in [0, 0.05) is 23.9 Å². The fourth-order valence-corrected chi connectivity index (χ4v) is 3.65. The normalized spacial score (nSPS) is 12.6. The number of benzene rings is 1. The van der Waals surface area contributed by atoms with Crippen molar-refractivity contribution in [3.05, 3.63) is 35.0 Å². The Morgan fingerprint density at radius 2 is 1.82 bits per heavy atom. The number of thiophene rings is 1. The van der Waals surface area contributed by atoms with Gasteiger partial charge in [-0.1, -0.05) is 6.92 Å². The summed E-state index contributed by atoms with van der Waals surface area (Å²) in [7, 11) is -1.95. The molecule has 0 aliphatic rings. The Hall–Kier alpha value is -0.810. The Kier molecular flexibility index (Phi) is 4.04. The van der Waals surface area contributed by atoms with E-state index in [2.05, 4.69) is 0 Å². The van der Waals surface area contributed by atoms with Crippen LogP contribution in [-0.4, -0.2) is 0 Å². The maximum atomic E-state index is 13.0. The second-order valence-electron chi connectivity index (χ2n) is 3.40. The van der Waals surface area contributed by atoms with Gasteiger partial charge < -0.3 is 12.4 Å². The summed E-state index contributed by atoms with van der Waals surface area (Å²) >= 11 is 0. The summed E-state index contributed by atoms with van der Waals surface area (Å²) in [5, 5.41) is 0.485. The SMILES string of the molecule is CCc1cc2ccc(F)cc2[s+]1C(F)(F)F.[Cl-]. The fraction of sp³-hybridized carbons (Fsp3) is 0.273. The van der Waals surface area contributed by atoms with E-state index in [0.717, 1.165) is 6.07 Å². The van der Waals surface area contributed by atoms with Crippen molar-refractivity contribution in [2.24, 2.45) is 0 Å². The molecule has 1 aromatic carbocycles. The van der Waals surface area contributed by atoms with Crippen molar-refractivity contribution in [2.45, 2.75) is 18.9 Å². The van der Waals surface area contributed by atoms with Crippen molar-refractivity contribution < 1.29 is 30.0 Å². The van der Waals surface area contributed by atoms with Crippen molar-refractivity contribution in [1.82, 2.24) is 0 Å². The molecule has 0 aliphatic heterocycles. The third-order valence-electron chi connectivity index (χ3n) is 2.35. The van der Waals surface area contributed by atoms with Gasteiger partial charge in [0.1, 0.15) is 5.82 Å². The van der Waals surface area contributed by atoms with Crippen LogP contribution in [0.15, 0.2) is 24.3 Å². The summed E-state index contributed by atoms with van der Waals surface area (Å²) in [6, 6.07) is 5.10. The van der Waals surface area contributed by atoms with Gasteiger partial charge in [0.05, 0.1) is 10.5 Å². The molecule has 0 saturated heterocycles. The molecule has 0 spiro atoms. The van der Waals surface area contributed by atoms with Crippen LogP contribution in [0.1, 0.15) is 11.8 Å². The van der Waals surface area contributed by atoms with Crippen molar-refractivity contribution in [1.29, 1.82) is 0 Å². The summed E-state index contributed by atoms with van der Waals surface area (Å²) < 4.78 is 51.6. The molecule has 1 heterocycles. The van der Waals surface area contributed by atoms with Gasteiger partial charge in [-0.3, -0.25) is 0 Å². The highest BCUT2D eigenvalue weighted by Crippen LogP contribution is 2.50. The first kappa shape index (κ1) is 14.3. The molecule has 0 N–H and O–H groups in total. The highest BCUT2D eigenvalue weighted by atomic mass is 35.5. The van der Waals surface area contributed by atoms with Crippen molar-refractivity contribution in [3.8, 4) is 0 Å². The van der Waals surface area contributed by atoms with Crippen molar-refractivity contribution in [3.63, 3.8) is 0 Å². The number of hydrogen-bond acceptors (Lipinski definition) is 0. The molecule has 6 heteroatoms. The lowest BCUT2D eigenvalue weighted by molar-refractivity contribution is -0.0867. The van der Waals surface area contributed by atoms with E-state index < -0.39 is 21.8 Å². The number of fused-ring (bicyclic) bond motifs is 1. The van der Waals surface area contributed by atoms with E-state index >= 15 is 0 Å². The van der Waals surface area contributed by atoms with Gasteiger partial charge in [0.2, 0.25) is 0 Å². The molecule has 0 bridgehead atoms. The van der Waals surface area contributed by atoms with Gasteiger partial charge in [-0.15, -0.1) is 13.2 Å². The minimum atomic E-state index is -4.32. The van der Waals surface area contributed by atoms with Crippen LogP contribution in [0, 0.1) is 5.82 Å². The Balaban J connectivity index is 0.00000144. The van der Waals surface area contributed by atoms with Crippen LogP contribution < -0.4 is 12.4 Å². The molecular formula is C11H9ClF4S. The standard InChI is InChI=1S/C11H9F4S.ClH/c1-2-9-5-7-3-4-8(12)6-10(7)16(9)11(13,14)15;/h3-6H,2H2,1H3;1H/q+1;/p-1. The molecular weight excluding hydrogens is 276 g/mol. The molecule has 1 aromatic heterocycles. The average molecular weight is 285 g/mol. The molecule has 0 aliphatic carbocycles. The number of hydrogen-bond donors (Lipinski definition) is 0. The van der Waals surface area contributed by atoms with Crippen LogP contribution in [0.2, 0.25) is 0 Å². The minimum absolute atomic E-state index is 0. The van der Waals surface area contributed by atoms with E-state index in [0.29, 0.717) is 16.7 Å². The first-order valence-electron chi connectivity index (χ1n) is 4.74.